The maximum Gasteiger partial charge on any atom is 0.352 e. The molecule has 1 fully saturated rings. The summed E-state index contributed by atoms with van der Waals surface area (Å²) in [5.41, 5.74) is 1.47. The predicted molar refractivity (Wildman–Crippen MR) is 75.5 cm³/mol. The van der Waals surface area contributed by atoms with Crippen molar-refractivity contribution in [3.8, 4) is 0 Å². The van der Waals surface area contributed by atoms with Crippen LogP contribution >= 0.6 is 0 Å². The van der Waals surface area contributed by atoms with Crippen molar-refractivity contribution in [3.63, 3.8) is 0 Å². The Bertz CT molecular complexity index is 594. The summed E-state index contributed by atoms with van der Waals surface area (Å²) in [7, 11) is 0. The minimum atomic E-state index is -0.827. The zero-order chi connectivity index (χ0) is 13.2. The topological polar surface area (TPSA) is 42.2 Å². The largest absolute Gasteiger partial charge is 0.477 e. The van der Waals surface area contributed by atoms with Gasteiger partial charge in [-0.2, -0.15) is 0 Å². The molecule has 0 saturated heterocycles. The van der Waals surface area contributed by atoms with Crippen LogP contribution in [0.5, 0.6) is 0 Å². The Kier molecular flexibility index (Phi) is 3.28. The molecule has 0 aliphatic heterocycles. The lowest BCUT2D eigenvalue weighted by Gasteiger charge is -2.23. The van der Waals surface area contributed by atoms with Gasteiger partial charge in [0.15, 0.2) is 0 Å². The molecule has 0 amide bonds. The maximum atomic E-state index is 11.4. The van der Waals surface area contributed by atoms with Crippen molar-refractivity contribution in [2.75, 3.05) is 0 Å². The fraction of sp³-hybridized carbons (Fsp3) is 0.438. The smallest absolute Gasteiger partial charge is 0.352 e. The first-order chi connectivity index (χ1) is 9.25. The molecule has 19 heavy (non-hydrogen) atoms. The first-order valence-corrected chi connectivity index (χ1v) is 7.07. The predicted octanol–water partition coefficient (Wildman–Crippen LogP) is 3.92. The van der Waals surface area contributed by atoms with Crippen LogP contribution in [0, 0.1) is 5.92 Å². The van der Waals surface area contributed by atoms with E-state index in [0.29, 0.717) is 11.6 Å². The SMILES string of the molecule is O=C(O)c1cc2ccccc2n1CC1CCCCC1. The minimum Gasteiger partial charge on any atom is -0.477 e. The van der Waals surface area contributed by atoms with Crippen molar-refractivity contribution in [1.29, 1.82) is 0 Å². The normalized spacial score (nSPS) is 16.8. The summed E-state index contributed by atoms with van der Waals surface area (Å²) in [4.78, 5) is 11.4. The van der Waals surface area contributed by atoms with E-state index in [1.165, 1.54) is 32.1 Å². The second kappa shape index (κ2) is 5.08. The Balaban J connectivity index is 1.99. The van der Waals surface area contributed by atoms with Crippen molar-refractivity contribution in [2.24, 2.45) is 5.92 Å². The van der Waals surface area contributed by atoms with Crippen molar-refractivity contribution >= 4 is 16.9 Å². The summed E-state index contributed by atoms with van der Waals surface area (Å²) in [6, 6.07) is 9.73. The molecule has 2 aromatic rings. The highest BCUT2D eigenvalue weighted by atomic mass is 16.4. The van der Waals surface area contributed by atoms with E-state index in [-0.39, 0.29) is 0 Å². The van der Waals surface area contributed by atoms with Crippen molar-refractivity contribution in [3.05, 3.63) is 36.0 Å². The van der Waals surface area contributed by atoms with Gasteiger partial charge in [-0.15, -0.1) is 0 Å². The molecule has 3 nitrogen and oxygen atoms in total. The number of hydrogen-bond acceptors (Lipinski definition) is 1. The van der Waals surface area contributed by atoms with Gasteiger partial charge in [0.1, 0.15) is 5.69 Å². The van der Waals surface area contributed by atoms with Gasteiger partial charge in [-0.1, -0.05) is 37.5 Å². The van der Waals surface area contributed by atoms with Crippen molar-refractivity contribution in [1.82, 2.24) is 4.57 Å². The van der Waals surface area contributed by atoms with E-state index in [0.717, 1.165) is 17.4 Å². The molecule has 0 atom stereocenters. The third kappa shape index (κ3) is 2.37. The van der Waals surface area contributed by atoms with Crippen LogP contribution in [0.15, 0.2) is 30.3 Å². The lowest BCUT2D eigenvalue weighted by atomic mass is 9.89. The summed E-state index contributed by atoms with van der Waals surface area (Å²) in [5.74, 6) is -0.199. The number of rotatable bonds is 3. The van der Waals surface area contributed by atoms with Gasteiger partial charge in [0, 0.05) is 17.4 Å². The number of para-hydroxylation sites is 1. The molecule has 1 heterocycles. The number of hydrogen-bond donors (Lipinski definition) is 1. The molecule has 1 N–H and O–H groups in total. The molecule has 0 unspecified atom stereocenters. The van der Waals surface area contributed by atoms with Crippen molar-refractivity contribution < 1.29 is 9.90 Å². The van der Waals surface area contributed by atoms with E-state index < -0.39 is 5.97 Å². The number of nitrogens with zero attached hydrogens (tertiary/aromatic N) is 1. The first-order valence-electron chi connectivity index (χ1n) is 7.07. The first kappa shape index (κ1) is 12.3. The third-order valence-corrected chi connectivity index (χ3v) is 4.20. The number of aromatic nitrogens is 1. The highest BCUT2D eigenvalue weighted by Crippen LogP contribution is 2.28. The fourth-order valence-electron chi connectivity index (χ4n) is 3.21. The summed E-state index contributed by atoms with van der Waals surface area (Å²) < 4.78 is 1.99. The summed E-state index contributed by atoms with van der Waals surface area (Å²) in [5, 5.41) is 10.4. The Morgan fingerprint density at radius 3 is 2.68 bits per heavy atom. The molecule has 3 rings (SSSR count). The Hall–Kier alpha value is -1.77. The van der Waals surface area contributed by atoms with Gasteiger partial charge in [0.05, 0.1) is 0 Å². The van der Waals surface area contributed by atoms with Crippen LogP contribution in [-0.4, -0.2) is 15.6 Å². The van der Waals surface area contributed by atoms with Crippen LogP contribution in [0.3, 0.4) is 0 Å². The molecule has 0 bridgehead atoms. The van der Waals surface area contributed by atoms with Crippen molar-refractivity contribution in [2.45, 2.75) is 38.6 Å². The summed E-state index contributed by atoms with van der Waals surface area (Å²) in [6.07, 6.45) is 6.35. The maximum absolute atomic E-state index is 11.4. The van der Waals surface area contributed by atoms with Crippen LogP contribution in [0.25, 0.3) is 10.9 Å². The molecular weight excluding hydrogens is 238 g/mol. The van der Waals surface area contributed by atoms with E-state index >= 15 is 0 Å². The highest BCUT2D eigenvalue weighted by molar-refractivity contribution is 5.94. The van der Waals surface area contributed by atoms with Crippen LogP contribution in [0.4, 0.5) is 0 Å². The summed E-state index contributed by atoms with van der Waals surface area (Å²) >= 11 is 0. The van der Waals surface area contributed by atoms with Gasteiger partial charge in [0.2, 0.25) is 0 Å². The fourth-order valence-corrected chi connectivity index (χ4v) is 3.21. The van der Waals surface area contributed by atoms with Crippen LogP contribution in [0.2, 0.25) is 0 Å². The third-order valence-electron chi connectivity index (χ3n) is 4.20. The quantitative estimate of drug-likeness (QED) is 0.905. The molecule has 0 radical (unpaired) electrons. The monoisotopic (exact) mass is 257 g/mol. The standard InChI is InChI=1S/C16H19NO2/c18-16(19)15-10-13-8-4-5-9-14(13)17(15)11-12-6-2-1-3-7-12/h4-5,8-10,12H,1-3,6-7,11H2,(H,18,19). The second-order valence-corrected chi connectivity index (χ2v) is 5.51. The number of fused-ring (bicyclic) bond motifs is 1. The molecule has 1 saturated carbocycles. The van der Waals surface area contributed by atoms with E-state index in [1.54, 1.807) is 6.07 Å². The van der Waals surface area contributed by atoms with E-state index in [1.807, 2.05) is 28.8 Å². The average Bonchev–Trinajstić information content (AvgIpc) is 2.79. The average molecular weight is 257 g/mol. The molecule has 1 aromatic carbocycles. The minimum absolute atomic E-state index is 0.423. The number of aromatic carboxylic acids is 1. The molecule has 1 aliphatic carbocycles. The molecule has 0 spiro atoms. The van der Waals surface area contributed by atoms with Crippen LogP contribution < -0.4 is 0 Å². The number of carboxylic acid groups (broad SMARTS) is 1. The van der Waals surface area contributed by atoms with E-state index in [9.17, 15) is 9.90 Å². The number of benzene rings is 1. The molecule has 1 aromatic heterocycles. The lowest BCUT2D eigenvalue weighted by molar-refractivity contribution is 0.0684. The number of carboxylic acids is 1. The molecule has 100 valence electrons. The zero-order valence-corrected chi connectivity index (χ0v) is 11.0. The van der Waals surface area contributed by atoms with Gasteiger partial charge in [0.25, 0.3) is 0 Å². The Morgan fingerprint density at radius 2 is 1.95 bits per heavy atom. The molecular formula is C16H19NO2. The van der Waals surface area contributed by atoms with Crippen LogP contribution in [0.1, 0.15) is 42.6 Å². The van der Waals surface area contributed by atoms with Crippen LogP contribution in [-0.2, 0) is 6.54 Å². The van der Waals surface area contributed by atoms with E-state index in [2.05, 4.69) is 0 Å². The summed E-state index contributed by atoms with van der Waals surface area (Å²) in [6.45, 7) is 0.842. The van der Waals surface area contributed by atoms with Gasteiger partial charge in [-0.25, -0.2) is 4.79 Å². The number of carbonyl (C=O) groups is 1. The van der Waals surface area contributed by atoms with Gasteiger partial charge < -0.3 is 9.67 Å². The van der Waals surface area contributed by atoms with E-state index in [4.69, 9.17) is 0 Å². The Labute approximate surface area is 112 Å². The van der Waals surface area contributed by atoms with Gasteiger partial charge in [-0.3, -0.25) is 0 Å². The van der Waals surface area contributed by atoms with Gasteiger partial charge >= 0.3 is 5.97 Å². The Morgan fingerprint density at radius 1 is 1.21 bits per heavy atom. The molecule has 3 heteroatoms. The zero-order valence-electron chi connectivity index (χ0n) is 11.0. The molecule has 1 aliphatic rings. The second-order valence-electron chi connectivity index (χ2n) is 5.51. The lowest BCUT2D eigenvalue weighted by Crippen LogP contribution is -2.17. The van der Waals surface area contributed by atoms with Gasteiger partial charge in [-0.05, 0) is 30.9 Å². The highest BCUT2D eigenvalue weighted by Gasteiger charge is 2.19.